The molecule has 0 bridgehead atoms. The molecule has 0 aliphatic rings. The number of alkyl halides is 1. The lowest BCUT2D eigenvalue weighted by Crippen LogP contribution is -2.68. The molecule has 1 unspecified atom stereocenters. The summed E-state index contributed by atoms with van der Waals surface area (Å²) in [5.41, 5.74) is 0. The molecule has 2 nitrogen and oxygen atoms in total. The normalized spacial score (nSPS) is 13.1. The summed E-state index contributed by atoms with van der Waals surface area (Å²) < 4.78 is 13.0. The van der Waals surface area contributed by atoms with Gasteiger partial charge in [-0.15, -0.1) is 11.6 Å². The van der Waals surface area contributed by atoms with Crippen LogP contribution < -0.4 is 15.1 Å². The van der Waals surface area contributed by atoms with Crippen LogP contribution in [-0.2, 0) is 4.43 Å². The first-order chi connectivity index (χ1) is 14.0. The number of rotatable bonds is 8. The maximum atomic E-state index is 7.03. The number of hydrogen-bond acceptors (Lipinski definition) is 2. The summed E-state index contributed by atoms with van der Waals surface area (Å²) in [4.78, 5) is 0. The number of para-hydroxylation sites is 1. The minimum atomic E-state index is -2.64. The molecule has 0 aliphatic carbocycles. The van der Waals surface area contributed by atoms with E-state index in [-0.39, 0.29) is 11.1 Å². The first-order valence-corrected chi connectivity index (χ1v) is 12.4. The molecule has 0 heterocycles. The van der Waals surface area contributed by atoms with Crippen LogP contribution in [-0.4, -0.2) is 26.9 Å². The zero-order valence-corrected chi connectivity index (χ0v) is 19.1. The largest absolute Gasteiger partial charge is 0.491 e. The quantitative estimate of drug-likeness (QED) is 0.363. The Morgan fingerprint density at radius 2 is 1.21 bits per heavy atom. The number of benzene rings is 3. The third kappa shape index (κ3) is 4.92. The molecule has 0 aliphatic heterocycles. The van der Waals surface area contributed by atoms with Crippen LogP contribution in [0.3, 0.4) is 0 Å². The zero-order valence-electron chi connectivity index (χ0n) is 17.3. The van der Waals surface area contributed by atoms with Gasteiger partial charge in [-0.25, -0.2) is 0 Å². The van der Waals surface area contributed by atoms with Gasteiger partial charge in [0.1, 0.15) is 12.4 Å². The second-order valence-corrected chi connectivity index (χ2v) is 12.7. The van der Waals surface area contributed by atoms with Gasteiger partial charge in [-0.2, -0.15) is 0 Å². The van der Waals surface area contributed by atoms with Crippen LogP contribution in [0, 0.1) is 0 Å². The van der Waals surface area contributed by atoms with E-state index in [2.05, 4.69) is 69.3 Å². The van der Waals surface area contributed by atoms with Gasteiger partial charge < -0.3 is 9.16 Å². The van der Waals surface area contributed by atoms with Gasteiger partial charge in [-0.1, -0.05) is 99.6 Å². The lowest BCUT2D eigenvalue weighted by Gasteiger charge is -2.44. The fourth-order valence-corrected chi connectivity index (χ4v) is 8.68. The van der Waals surface area contributed by atoms with E-state index in [0.717, 1.165) is 5.75 Å². The van der Waals surface area contributed by atoms with E-state index >= 15 is 0 Å². The SMILES string of the molecule is CC(C)(C)[Si](OC(CCl)COc1ccccc1)(c1ccccc1)c1ccccc1. The van der Waals surface area contributed by atoms with E-state index in [1.807, 2.05) is 42.5 Å². The Labute approximate surface area is 180 Å². The van der Waals surface area contributed by atoms with Crippen molar-refractivity contribution < 1.29 is 9.16 Å². The molecule has 3 rings (SSSR count). The highest BCUT2D eigenvalue weighted by atomic mass is 35.5. The molecule has 0 saturated heterocycles. The van der Waals surface area contributed by atoms with E-state index in [0.29, 0.717) is 12.5 Å². The molecule has 0 aromatic heterocycles. The summed E-state index contributed by atoms with van der Waals surface area (Å²) in [6.45, 7) is 7.21. The minimum absolute atomic E-state index is 0.0905. The Hall–Kier alpha value is -2.07. The molecule has 1 atom stereocenters. The first kappa shape index (κ1) is 21.6. The highest BCUT2D eigenvalue weighted by Gasteiger charge is 2.51. The molecule has 3 aromatic carbocycles. The van der Waals surface area contributed by atoms with Crippen LogP contribution in [0.4, 0.5) is 0 Å². The van der Waals surface area contributed by atoms with E-state index in [1.54, 1.807) is 0 Å². The molecular weight excluding hydrogens is 396 g/mol. The van der Waals surface area contributed by atoms with Crippen LogP contribution in [0.1, 0.15) is 20.8 Å². The summed E-state index contributed by atoms with van der Waals surface area (Å²) in [7, 11) is -2.64. The van der Waals surface area contributed by atoms with Crippen molar-refractivity contribution >= 4 is 30.3 Å². The molecule has 4 heteroatoms. The van der Waals surface area contributed by atoms with Crippen molar-refractivity contribution in [2.75, 3.05) is 12.5 Å². The lowest BCUT2D eigenvalue weighted by atomic mass is 10.2. The standard InChI is InChI=1S/C25H29ClO2Si/c1-25(2,3)29(23-15-9-5-10-16-23,24-17-11-6-12-18-24)28-22(19-26)20-27-21-13-7-4-8-14-21/h4-18,22H,19-20H2,1-3H3. The van der Waals surface area contributed by atoms with Crippen molar-refractivity contribution in [2.24, 2.45) is 0 Å². The summed E-state index contributed by atoms with van der Waals surface area (Å²) in [5, 5.41) is 2.40. The number of ether oxygens (including phenoxy) is 1. The van der Waals surface area contributed by atoms with Gasteiger partial charge >= 0.3 is 0 Å². The van der Waals surface area contributed by atoms with Gasteiger partial charge in [0.15, 0.2) is 0 Å². The lowest BCUT2D eigenvalue weighted by molar-refractivity contribution is 0.136. The molecular formula is C25H29ClO2Si. The monoisotopic (exact) mass is 424 g/mol. The topological polar surface area (TPSA) is 18.5 Å². The molecule has 0 spiro atoms. The summed E-state index contributed by atoms with van der Waals surface area (Å²) in [6.07, 6.45) is -0.219. The summed E-state index contributed by atoms with van der Waals surface area (Å²) in [6, 6.07) is 31.0. The van der Waals surface area contributed by atoms with Gasteiger partial charge in [0, 0.05) is 0 Å². The summed E-state index contributed by atoms with van der Waals surface area (Å²) >= 11 is 6.38. The molecule has 3 aromatic rings. The number of hydrogen-bond donors (Lipinski definition) is 0. The van der Waals surface area contributed by atoms with Crippen molar-refractivity contribution in [3.63, 3.8) is 0 Å². The molecule has 0 fully saturated rings. The minimum Gasteiger partial charge on any atom is -0.491 e. The Bertz CT molecular complexity index is 824. The van der Waals surface area contributed by atoms with Crippen molar-refractivity contribution in [3.8, 4) is 5.75 Å². The van der Waals surface area contributed by atoms with E-state index < -0.39 is 8.32 Å². The van der Waals surface area contributed by atoms with Crippen molar-refractivity contribution in [3.05, 3.63) is 91.0 Å². The Morgan fingerprint density at radius 3 is 1.62 bits per heavy atom. The van der Waals surface area contributed by atoms with Crippen molar-refractivity contribution in [1.29, 1.82) is 0 Å². The second kappa shape index (κ2) is 9.62. The third-order valence-corrected chi connectivity index (χ3v) is 10.5. The molecule has 29 heavy (non-hydrogen) atoms. The van der Waals surface area contributed by atoms with E-state index in [4.69, 9.17) is 20.8 Å². The molecule has 0 saturated carbocycles. The molecule has 0 N–H and O–H groups in total. The Balaban J connectivity index is 2.00. The average Bonchev–Trinajstić information content (AvgIpc) is 2.75. The molecule has 0 radical (unpaired) electrons. The predicted octanol–water partition coefficient (Wildman–Crippen LogP) is 5.25. The average molecular weight is 425 g/mol. The fraction of sp³-hybridized carbons (Fsp3) is 0.280. The third-order valence-electron chi connectivity index (χ3n) is 5.11. The van der Waals surface area contributed by atoms with Gasteiger partial charge in [-0.3, -0.25) is 0 Å². The smallest absolute Gasteiger partial charge is 0.261 e. The fourth-order valence-electron chi connectivity index (χ4n) is 3.76. The van der Waals surface area contributed by atoms with E-state index in [9.17, 15) is 0 Å². The van der Waals surface area contributed by atoms with Crippen LogP contribution in [0.2, 0.25) is 5.04 Å². The maximum absolute atomic E-state index is 7.03. The van der Waals surface area contributed by atoms with Gasteiger partial charge in [0.05, 0.1) is 12.0 Å². The summed E-state index contributed by atoms with van der Waals surface area (Å²) in [5.74, 6) is 1.20. The highest BCUT2D eigenvalue weighted by Crippen LogP contribution is 2.37. The van der Waals surface area contributed by atoms with Crippen LogP contribution in [0.25, 0.3) is 0 Å². The van der Waals surface area contributed by atoms with Crippen LogP contribution in [0.15, 0.2) is 91.0 Å². The Morgan fingerprint density at radius 1 is 0.759 bits per heavy atom. The Kier molecular flexibility index (Phi) is 7.17. The zero-order chi connectivity index (χ0) is 20.7. The first-order valence-electron chi connectivity index (χ1n) is 10.00. The predicted molar refractivity (Wildman–Crippen MR) is 125 cm³/mol. The van der Waals surface area contributed by atoms with Crippen molar-refractivity contribution in [1.82, 2.24) is 0 Å². The highest BCUT2D eigenvalue weighted by molar-refractivity contribution is 6.99. The van der Waals surface area contributed by atoms with Crippen molar-refractivity contribution in [2.45, 2.75) is 31.9 Å². The molecule has 152 valence electrons. The van der Waals surface area contributed by atoms with Gasteiger partial charge in [0.25, 0.3) is 8.32 Å². The van der Waals surface area contributed by atoms with E-state index in [1.165, 1.54) is 10.4 Å². The molecule has 0 amide bonds. The van der Waals surface area contributed by atoms with Crippen LogP contribution >= 0.6 is 11.6 Å². The second-order valence-electron chi connectivity index (χ2n) is 8.18. The number of halogens is 1. The van der Waals surface area contributed by atoms with Gasteiger partial charge in [0.2, 0.25) is 0 Å². The maximum Gasteiger partial charge on any atom is 0.261 e. The van der Waals surface area contributed by atoms with Crippen LogP contribution in [0.5, 0.6) is 5.75 Å². The van der Waals surface area contributed by atoms with Gasteiger partial charge in [-0.05, 0) is 27.5 Å².